The van der Waals surface area contributed by atoms with E-state index in [4.69, 9.17) is 4.42 Å². The van der Waals surface area contributed by atoms with Crippen LogP contribution < -0.4 is 11.1 Å². The number of carbonyl (C=O) groups is 1. The highest BCUT2D eigenvalue weighted by molar-refractivity contribution is 5.90. The van der Waals surface area contributed by atoms with Gasteiger partial charge in [-0.25, -0.2) is 9.18 Å². The smallest absolute Gasteiger partial charge is 0.388 e. The highest BCUT2D eigenvalue weighted by Crippen LogP contribution is 2.17. The van der Waals surface area contributed by atoms with E-state index in [-0.39, 0.29) is 17.3 Å². The van der Waals surface area contributed by atoms with Gasteiger partial charge in [0, 0.05) is 23.4 Å². The first-order valence-corrected chi connectivity index (χ1v) is 7.30. The van der Waals surface area contributed by atoms with Crippen molar-refractivity contribution in [3.63, 3.8) is 0 Å². The van der Waals surface area contributed by atoms with E-state index in [0.717, 1.165) is 4.68 Å². The molecule has 0 bridgehead atoms. The van der Waals surface area contributed by atoms with Gasteiger partial charge in [-0.05, 0) is 30.3 Å². The van der Waals surface area contributed by atoms with E-state index in [1.807, 2.05) is 0 Å². The Bertz CT molecular complexity index is 1030. The van der Waals surface area contributed by atoms with Gasteiger partial charge in [0.15, 0.2) is 0 Å². The fourth-order valence-corrected chi connectivity index (χ4v) is 2.15. The average molecular weight is 358 g/mol. The van der Waals surface area contributed by atoms with Crippen molar-refractivity contribution in [2.75, 3.05) is 5.32 Å². The van der Waals surface area contributed by atoms with E-state index >= 15 is 0 Å². The zero-order chi connectivity index (χ0) is 18.7. The highest BCUT2D eigenvalue weighted by atomic mass is 19.1. The van der Waals surface area contributed by atoms with Gasteiger partial charge in [-0.15, -0.1) is 5.10 Å². The summed E-state index contributed by atoms with van der Waals surface area (Å²) in [6.07, 6.45) is 0. The Hall–Kier alpha value is -3.82. The van der Waals surface area contributed by atoms with Crippen molar-refractivity contribution in [3.05, 3.63) is 75.0 Å². The number of nitrogens with zero attached hydrogens (tertiary/aromatic N) is 3. The highest BCUT2D eigenvalue weighted by Gasteiger charge is 2.14. The van der Waals surface area contributed by atoms with Gasteiger partial charge in [-0.1, -0.05) is 6.07 Å². The van der Waals surface area contributed by atoms with Crippen LogP contribution >= 0.6 is 0 Å². The number of rotatable bonds is 5. The van der Waals surface area contributed by atoms with Gasteiger partial charge in [0.05, 0.1) is 4.92 Å². The maximum absolute atomic E-state index is 12.9. The minimum absolute atomic E-state index is 0.0573. The molecule has 2 aromatic carbocycles. The van der Waals surface area contributed by atoms with Crippen molar-refractivity contribution in [1.29, 1.82) is 0 Å². The molecule has 1 aromatic heterocycles. The first kappa shape index (κ1) is 17.0. The van der Waals surface area contributed by atoms with E-state index in [1.54, 1.807) is 0 Å². The molecule has 0 saturated carbocycles. The lowest BCUT2D eigenvalue weighted by atomic mass is 10.2. The van der Waals surface area contributed by atoms with Crippen molar-refractivity contribution in [3.8, 4) is 11.5 Å². The first-order chi connectivity index (χ1) is 12.4. The number of nitrogens with one attached hydrogen (secondary N) is 1. The molecular weight excluding hydrogens is 347 g/mol. The molecule has 0 aliphatic carbocycles. The number of aromatic nitrogens is 2. The van der Waals surface area contributed by atoms with Gasteiger partial charge >= 0.3 is 5.76 Å². The number of non-ortho nitro benzene ring substituents is 1. The standard InChI is InChI=1S/C16H11FN4O5/c17-11-6-4-10(5-7-11)15-19-20(16(23)26-15)9-14(22)18-12-2-1-3-13(8-12)21(24)25/h1-8H,9H2,(H,18,22). The molecule has 1 amide bonds. The van der Waals surface area contributed by atoms with Crippen LogP contribution in [0.5, 0.6) is 0 Å². The van der Waals surface area contributed by atoms with Crippen LogP contribution in [0.1, 0.15) is 0 Å². The Kier molecular flexibility index (Phi) is 4.56. The minimum Gasteiger partial charge on any atom is -0.388 e. The van der Waals surface area contributed by atoms with Crippen LogP contribution in [0.3, 0.4) is 0 Å². The molecule has 132 valence electrons. The Balaban J connectivity index is 1.74. The van der Waals surface area contributed by atoms with Crippen molar-refractivity contribution in [2.24, 2.45) is 0 Å². The Labute approximate surface area is 144 Å². The average Bonchev–Trinajstić information content (AvgIpc) is 2.96. The molecule has 0 spiro atoms. The molecule has 9 nitrogen and oxygen atoms in total. The summed E-state index contributed by atoms with van der Waals surface area (Å²) in [5, 5.41) is 17.1. The second-order valence-electron chi connectivity index (χ2n) is 5.19. The second-order valence-corrected chi connectivity index (χ2v) is 5.19. The normalized spacial score (nSPS) is 10.5. The topological polar surface area (TPSA) is 120 Å². The van der Waals surface area contributed by atoms with Crippen LogP contribution in [0.2, 0.25) is 0 Å². The largest absolute Gasteiger partial charge is 0.437 e. The summed E-state index contributed by atoms with van der Waals surface area (Å²) in [7, 11) is 0. The fourth-order valence-electron chi connectivity index (χ4n) is 2.15. The number of carbonyl (C=O) groups excluding carboxylic acids is 1. The van der Waals surface area contributed by atoms with E-state index < -0.39 is 28.9 Å². The van der Waals surface area contributed by atoms with Crippen LogP contribution in [0.15, 0.2) is 57.7 Å². The Morgan fingerprint density at radius 2 is 2.00 bits per heavy atom. The third kappa shape index (κ3) is 3.80. The number of anilines is 1. The summed E-state index contributed by atoms with van der Waals surface area (Å²) in [6.45, 7) is -0.452. The zero-order valence-corrected chi connectivity index (χ0v) is 13.1. The number of benzene rings is 2. The Morgan fingerprint density at radius 1 is 1.27 bits per heavy atom. The van der Waals surface area contributed by atoms with Crippen molar-refractivity contribution < 1.29 is 18.5 Å². The van der Waals surface area contributed by atoms with Gasteiger partial charge < -0.3 is 9.73 Å². The Morgan fingerprint density at radius 3 is 2.69 bits per heavy atom. The van der Waals surface area contributed by atoms with Crippen LogP contribution in [-0.4, -0.2) is 20.6 Å². The molecule has 0 fully saturated rings. The third-order valence-electron chi connectivity index (χ3n) is 3.33. The summed E-state index contributed by atoms with van der Waals surface area (Å²) in [5.74, 6) is -1.99. The van der Waals surface area contributed by atoms with Crippen LogP contribution in [0.25, 0.3) is 11.5 Å². The third-order valence-corrected chi connectivity index (χ3v) is 3.33. The van der Waals surface area contributed by atoms with Gasteiger partial charge in [0.1, 0.15) is 12.4 Å². The number of amides is 1. The SMILES string of the molecule is O=C(Cn1nc(-c2ccc(F)cc2)oc1=O)Nc1cccc([N+](=O)[O-])c1. The summed E-state index contributed by atoms with van der Waals surface area (Å²) >= 11 is 0. The predicted octanol–water partition coefficient (Wildman–Crippen LogP) is 2.19. The van der Waals surface area contributed by atoms with Gasteiger partial charge in [-0.2, -0.15) is 4.68 Å². The van der Waals surface area contributed by atoms with E-state index in [1.165, 1.54) is 48.5 Å². The summed E-state index contributed by atoms with van der Waals surface area (Å²) in [4.78, 5) is 34.0. The molecule has 0 aliphatic rings. The molecule has 26 heavy (non-hydrogen) atoms. The molecule has 10 heteroatoms. The predicted molar refractivity (Wildman–Crippen MR) is 87.9 cm³/mol. The number of nitro benzene ring substituents is 1. The number of nitro groups is 1. The van der Waals surface area contributed by atoms with Crippen LogP contribution in [-0.2, 0) is 11.3 Å². The monoisotopic (exact) mass is 358 g/mol. The molecule has 1 N–H and O–H groups in total. The second kappa shape index (κ2) is 6.97. The molecule has 0 aliphatic heterocycles. The van der Waals surface area contributed by atoms with E-state index in [9.17, 15) is 24.1 Å². The minimum atomic E-state index is -0.862. The summed E-state index contributed by atoms with van der Waals surface area (Å²) in [6, 6.07) is 10.5. The maximum atomic E-state index is 12.9. The molecule has 3 aromatic rings. The molecule has 3 rings (SSSR count). The maximum Gasteiger partial charge on any atom is 0.437 e. The first-order valence-electron chi connectivity index (χ1n) is 7.30. The lowest BCUT2D eigenvalue weighted by Gasteiger charge is -2.04. The lowest BCUT2D eigenvalue weighted by molar-refractivity contribution is -0.384. The van der Waals surface area contributed by atoms with Gasteiger partial charge in [-0.3, -0.25) is 14.9 Å². The van der Waals surface area contributed by atoms with E-state index in [2.05, 4.69) is 10.4 Å². The number of hydrogen-bond donors (Lipinski definition) is 1. The van der Waals surface area contributed by atoms with Crippen molar-refractivity contribution in [1.82, 2.24) is 9.78 Å². The molecule has 1 heterocycles. The molecular formula is C16H11FN4O5. The molecule has 0 saturated heterocycles. The van der Waals surface area contributed by atoms with Gasteiger partial charge in [0.25, 0.3) is 5.69 Å². The fraction of sp³-hybridized carbons (Fsp3) is 0.0625. The zero-order valence-electron chi connectivity index (χ0n) is 13.1. The number of halogens is 1. The number of hydrogen-bond acceptors (Lipinski definition) is 6. The summed E-state index contributed by atoms with van der Waals surface area (Å²) < 4.78 is 18.7. The summed E-state index contributed by atoms with van der Waals surface area (Å²) in [5.41, 5.74) is 0.404. The molecule has 0 atom stereocenters. The molecule has 0 unspecified atom stereocenters. The molecule has 0 radical (unpaired) electrons. The van der Waals surface area contributed by atoms with Crippen LogP contribution in [0.4, 0.5) is 15.8 Å². The van der Waals surface area contributed by atoms with E-state index in [0.29, 0.717) is 5.56 Å². The van der Waals surface area contributed by atoms with Crippen molar-refractivity contribution in [2.45, 2.75) is 6.54 Å². The lowest BCUT2D eigenvalue weighted by Crippen LogP contribution is -2.25. The van der Waals surface area contributed by atoms with Crippen molar-refractivity contribution >= 4 is 17.3 Å². The van der Waals surface area contributed by atoms with Crippen LogP contribution in [0, 0.1) is 15.9 Å². The quantitative estimate of drug-likeness (QED) is 0.551. The van der Waals surface area contributed by atoms with Gasteiger partial charge in [0.2, 0.25) is 11.8 Å².